The van der Waals surface area contributed by atoms with Crippen LogP contribution in [0.15, 0.2) is 0 Å². The van der Waals surface area contributed by atoms with Crippen LogP contribution in [-0.4, -0.2) is 41.4 Å². The van der Waals surface area contributed by atoms with Gasteiger partial charge in [-0.2, -0.15) is 0 Å². The van der Waals surface area contributed by atoms with Crippen LogP contribution < -0.4 is 16.4 Å². The summed E-state index contributed by atoms with van der Waals surface area (Å²) in [6.45, 7) is 1.53. The van der Waals surface area contributed by atoms with E-state index in [1.807, 2.05) is 6.92 Å². The molecule has 1 atom stereocenters. The predicted molar refractivity (Wildman–Crippen MR) is 65.9 cm³/mol. The normalized spacial score (nSPS) is 11.4. The highest BCUT2D eigenvalue weighted by Gasteiger charge is 2.20. The van der Waals surface area contributed by atoms with E-state index in [-0.39, 0.29) is 25.3 Å². The molecule has 0 saturated heterocycles. The average molecular weight is 273 g/mol. The summed E-state index contributed by atoms with van der Waals surface area (Å²) in [5.74, 6) is -2.80. The number of aliphatic carboxylic acids is 1. The van der Waals surface area contributed by atoms with Gasteiger partial charge >= 0.3 is 5.97 Å². The lowest BCUT2D eigenvalue weighted by Gasteiger charge is -2.13. The van der Waals surface area contributed by atoms with Crippen LogP contribution in [0.4, 0.5) is 0 Å². The fourth-order valence-corrected chi connectivity index (χ4v) is 1.28. The maximum atomic E-state index is 11.4. The van der Waals surface area contributed by atoms with E-state index in [9.17, 15) is 19.2 Å². The van der Waals surface area contributed by atoms with Crippen molar-refractivity contribution in [1.82, 2.24) is 10.6 Å². The van der Waals surface area contributed by atoms with Crippen molar-refractivity contribution < 1.29 is 24.3 Å². The maximum absolute atomic E-state index is 11.4. The number of rotatable bonds is 9. The second-order valence-electron chi connectivity index (χ2n) is 3.99. The number of carbonyl (C=O) groups excluding carboxylic acids is 3. The summed E-state index contributed by atoms with van der Waals surface area (Å²) < 4.78 is 0. The summed E-state index contributed by atoms with van der Waals surface area (Å²) in [5, 5.41) is 13.4. The summed E-state index contributed by atoms with van der Waals surface area (Å²) in [6.07, 6.45) is 0.736. The summed E-state index contributed by atoms with van der Waals surface area (Å²) in [7, 11) is 0. The van der Waals surface area contributed by atoms with E-state index in [1.165, 1.54) is 0 Å². The van der Waals surface area contributed by atoms with Crippen molar-refractivity contribution in [2.45, 2.75) is 38.6 Å². The fourth-order valence-electron chi connectivity index (χ4n) is 1.28. The first kappa shape index (κ1) is 16.9. The van der Waals surface area contributed by atoms with Gasteiger partial charge in [0.1, 0.15) is 6.04 Å². The molecule has 8 nitrogen and oxygen atoms in total. The van der Waals surface area contributed by atoms with Gasteiger partial charge in [0.05, 0.1) is 6.54 Å². The lowest BCUT2D eigenvalue weighted by Crippen LogP contribution is -2.45. The van der Waals surface area contributed by atoms with E-state index in [0.29, 0.717) is 12.8 Å². The molecule has 8 heteroatoms. The molecule has 0 unspecified atom stereocenters. The molecular formula is C11H19N3O5. The second kappa shape index (κ2) is 8.90. The molecule has 19 heavy (non-hydrogen) atoms. The van der Waals surface area contributed by atoms with Crippen LogP contribution in [0.1, 0.15) is 32.6 Å². The van der Waals surface area contributed by atoms with Gasteiger partial charge in [-0.25, -0.2) is 4.79 Å². The van der Waals surface area contributed by atoms with E-state index >= 15 is 0 Å². The Morgan fingerprint density at radius 3 is 2.26 bits per heavy atom. The lowest BCUT2D eigenvalue weighted by atomic mass is 10.1. The van der Waals surface area contributed by atoms with Gasteiger partial charge in [0.25, 0.3) is 0 Å². The molecule has 0 spiro atoms. The van der Waals surface area contributed by atoms with Gasteiger partial charge in [0.15, 0.2) is 0 Å². The third-order valence-corrected chi connectivity index (χ3v) is 2.24. The Morgan fingerprint density at radius 1 is 1.16 bits per heavy atom. The van der Waals surface area contributed by atoms with Crippen LogP contribution in [0.3, 0.4) is 0 Å². The highest BCUT2D eigenvalue weighted by Crippen LogP contribution is 1.97. The van der Waals surface area contributed by atoms with Crippen molar-refractivity contribution >= 4 is 23.7 Å². The largest absolute Gasteiger partial charge is 0.480 e. The van der Waals surface area contributed by atoms with Crippen molar-refractivity contribution in [2.75, 3.05) is 6.54 Å². The number of nitrogens with two attached hydrogens (primary N) is 1. The molecule has 0 aliphatic rings. The first-order valence-corrected chi connectivity index (χ1v) is 5.94. The molecular weight excluding hydrogens is 254 g/mol. The quantitative estimate of drug-likeness (QED) is 0.415. The Balaban J connectivity index is 4.13. The van der Waals surface area contributed by atoms with E-state index < -0.39 is 23.8 Å². The molecule has 0 saturated carbocycles. The van der Waals surface area contributed by atoms with E-state index in [0.717, 1.165) is 0 Å². The third-order valence-electron chi connectivity index (χ3n) is 2.24. The van der Waals surface area contributed by atoms with E-state index in [1.54, 1.807) is 0 Å². The molecule has 0 heterocycles. The number of carboxylic acids is 1. The standard InChI is InChI=1S/C11H19N3O5/c1-2-3-9(16)13-6-10(17)14-7(11(18)19)4-5-8(12)15/h7H,2-6H2,1H3,(H2,12,15)(H,13,16)(H,14,17)(H,18,19)/t7-/m0/s1. The highest BCUT2D eigenvalue weighted by molar-refractivity contribution is 5.88. The maximum Gasteiger partial charge on any atom is 0.326 e. The van der Waals surface area contributed by atoms with Crippen molar-refractivity contribution in [3.8, 4) is 0 Å². The topological polar surface area (TPSA) is 139 Å². The van der Waals surface area contributed by atoms with Crippen molar-refractivity contribution in [1.29, 1.82) is 0 Å². The molecule has 0 fully saturated rings. The molecule has 0 aromatic rings. The molecule has 3 amide bonds. The SMILES string of the molecule is CCCC(=O)NCC(=O)N[C@@H](CCC(N)=O)C(=O)O. The Labute approximate surface area is 110 Å². The zero-order chi connectivity index (χ0) is 14.8. The zero-order valence-electron chi connectivity index (χ0n) is 10.8. The van der Waals surface area contributed by atoms with Crippen molar-refractivity contribution in [2.24, 2.45) is 5.73 Å². The minimum Gasteiger partial charge on any atom is -0.480 e. The van der Waals surface area contributed by atoms with Gasteiger partial charge in [-0.05, 0) is 12.8 Å². The predicted octanol–water partition coefficient (Wildman–Crippen LogP) is -1.26. The Hall–Kier alpha value is -2.12. The average Bonchev–Trinajstić information content (AvgIpc) is 2.31. The number of carboxylic acid groups (broad SMARTS) is 1. The second-order valence-corrected chi connectivity index (χ2v) is 3.99. The molecule has 0 bridgehead atoms. The molecule has 5 N–H and O–H groups in total. The van der Waals surface area contributed by atoms with Crippen LogP contribution in [0.5, 0.6) is 0 Å². The van der Waals surface area contributed by atoms with Crippen LogP contribution >= 0.6 is 0 Å². The summed E-state index contributed by atoms with van der Waals surface area (Å²) >= 11 is 0. The minimum absolute atomic E-state index is 0.0840. The molecule has 0 aromatic heterocycles. The molecule has 0 radical (unpaired) electrons. The molecule has 0 aliphatic heterocycles. The van der Waals surface area contributed by atoms with Crippen LogP contribution in [0, 0.1) is 0 Å². The van der Waals surface area contributed by atoms with Crippen LogP contribution in [0.2, 0.25) is 0 Å². The van der Waals surface area contributed by atoms with Gasteiger partial charge in [-0.15, -0.1) is 0 Å². The summed E-state index contributed by atoms with van der Waals surface area (Å²) in [6, 6.07) is -1.19. The smallest absolute Gasteiger partial charge is 0.326 e. The van der Waals surface area contributed by atoms with E-state index in [2.05, 4.69) is 10.6 Å². The Bertz CT molecular complexity index is 356. The Morgan fingerprint density at radius 2 is 1.79 bits per heavy atom. The van der Waals surface area contributed by atoms with Crippen molar-refractivity contribution in [3.63, 3.8) is 0 Å². The fraction of sp³-hybridized carbons (Fsp3) is 0.636. The van der Waals surface area contributed by atoms with Crippen molar-refractivity contribution in [3.05, 3.63) is 0 Å². The summed E-state index contributed by atoms with van der Waals surface area (Å²) in [4.78, 5) is 43.9. The lowest BCUT2D eigenvalue weighted by molar-refractivity contribution is -0.142. The first-order valence-electron chi connectivity index (χ1n) is 5.94. The van der Waals surface area contributed by atoms with Gasteiger partial charge in [-0.3, -0.25) is 14.4 Å². The monoisotopic (exact) mass is 273 g/mol. The molecule has 108 valence electrons. The van der Waals surface area contributed by atoms with Gasteiger partial charge in [0, 0.05) is 12.8 Å². The molecule has 0 rings (SSSR count). The van der Waals surface area contributed by atoms with Crippen LogP contribution in [0.25, 0.3) is 0 Å². The highest BCUT2D eigenvalue weighted by atomic mass is 16.4. The van der Waals surface area contributed by atoms with Gasteiger partial charge in [-0.1, -0.05) is 6.92 Å². The number of hydrogen-bond donors (Lipinski definition) is 4. The van der Waals surface area contributed by atoms with Crippen LogP contribution in [-0.2, 0) is 19.2 Å². The first-order chi connectivity index (χ1) is 8.86. The number of amides is 3. The number of nitrogens with one attached hydrogen (secondary N) is 2. The zero-order valence-corrected chi connectivity index (χ0v) is 10.8. The molecule has 0 aromatic carbocycles. The molecule has 0 aliphatic carbocycles. The number of carbonyl (C=O) groups is 4. The summed E-state index contributed by atoms with van der Waals surface area (Å²) in [5.41, 5.74) is 4.90. The van der Waals surface area contributed by atoms with E-state index in [4.69, 9.17) is 10.8 Å². The van der Waals surface area contributed by atoms with Gasteiger partial charge < -0.3 is 21.5 Å². The number of hydrogen-bond acceptors (Lipinski definition) is 4. The third kappa shape index (κ3) is 8.58. The number of primary amides is 1. The minimum atomic E-state index is -1.26. The Kier molecular flexibility index (Phi) is 7.90. The van der Waals surface area contributed by atoms with Gasteiger partial charge in [0.2, 0.25) is 17.7 Å².